The fraction of sp³-hybridized carbons (Fsp3) is 0.455. The highest BCUT2D eigenvalue weighted by molar-refractivity contribution is 5.66. The van der Waals surface area contributed by atoms with Crippen LogP contribution in [0.4, 0.5) is 17.1 Å². The van der Waals surface area contributed by atoms with Crippen LogP contribution < -0.4 is 5.32 Å². The molecule has 2 aromatic carbocycles. The quantitative estimate of drug-likeness (QED) is 0.113. The fourth-order valence-electron chi connectivity index (χ4n) is 4.12. The minimum absolute atomic E-state index is 0.157. The number of nitro benzene ring substituents is 1. The van der Waals surface area contributed by atoms with E-state index in [1.165, 1.54) is 18.2 Å². The molecule has 182 valence electrons. The fourth-order valence-corrected chi connectivity index (χ4v) is 4.12. The Bertz CT molecular complexity index is 1050. The van der Waals surface area contributed by atoms with Crippen molar-refractivity contribution in [1.29, 1.82) is 0 Å². The Morgan fingerprint density at radius 2 is 1.88 bits per heavy atom. The summed E-state index contributed by atoms with van der Waals surface area (Å²) >= 11 is 0. The first-order valence-electron chi connectivity index (χ1n) is 10.9. The Kier molecular flexibility index (Phi) is 8.77. The van der Waals surface area contributed by atoms with Gasteiger partial charge in [-0.25, -0.2) is 0 Å². The number of hydrogen-bond donors (Lipinski definition) is 5. The van der Waals surface area contributed by atoms with Gasteiger partial charge in [0.2, 0.25) is 0 Å². The van der Waals surface area contributed by atoms with Crippen LogP contribution in [0.5, 0.6) is 0 Å². The second-order valence-electron chi connectivity index (χ2n) is 8.19. The van der Waals surface area contributed by atoms with Crippen molar-refractivity contribution < 1.29 is 25.3 Å². The topological polar surface area (TPSA) is 188 Å². The lowest BCUT2D eigenvalue weighted by molar-refractivity contribution is -0.383. The van der Waals surface area contributed by atoms with E-state index in [0.717, 1.165) is 11.1 Å². The minimum Gasteiger partial charge on any atom is -0.395 e. The number of hydrogen-bond acceptors (Lipinski definition) is 9. The van der Waals surface area contributed by atoms with Crippen molar-refractivity contribution >= 4 is 17.1 Å². The van der Waals surface area contributed by atoms with E-state index in [0.29, 0.717) is 31.6 Å². The van der Waals surface area contributed by atoms with Crippen LogP contribution >= 0.6 is 0 Å². The van der Waals surface area contributed by atoms with E-state index >= 15 is 0 Å². The Hall–Kier alpha value is -3.25. The molecule has 34 heavy (non-hydrogen) atoms. The average molecular weight is 473 g/mol. The van der Waals surface area contributed by atoms with E-state index in [9.17, 15) is 30.5 Å². The van der Waals surface area contributed by atoms with Crippen molar-refractivity contribution in [2.75, 3.05) is 31.6 Å². The summed E-state index contributed by atoms with van der Waals surface area (Å²) in [5.41, 5.74) is 10.9. The molecule has 4 unspecified atom stereocenters. The van der Waals surface area contributed by atoms with Crippen LogP contribution in [0.2, 0.25) is 0 Å². The third-order valence-electron chi connectivity index (χ3n) is 5.96. The van der Waals surface area contributed by atoms with Crippen molar-refractivity contribution in [3.8, 4) is 0 Å². The number of rotatable bonds is 10. The van der Waals surface area contributed by atoms with Gasteiger partial charge in [0.25, 0.3) is 5.69 Å². The molecule has 0 amide bonds. The van der Waals surface area contributed by atoms with Gasteiger partial charge in [0.05, 0.1) is 23.7 Å². The van der Waals surface area contributed by atoms with E-state index in [1.54, 1.807) is 4.90 Å². The standard InChI is InChI=1S/C22H28N6O6/c23-26-25-16-4-5-17(18(11-16)28(33)34)24-8-6-14-2-1-3-15(10-14)7-9-27-12-20(30)22(32)21(31)19(27)13-29/h1-5,10-11,19-22,24,29-32H,6-9,12-13H2. The number of piperidine rings is 1. The lowest BCUT2D eigenvalue weighted by atomic mass is 9.93. The van der Waals surface area contributed by atoms with Crippen molar-refractivity contribution in [3.63, 3.8) is 0 Å². The molecular formula is C22H28N6O6. The Labute approximate surface area is 195 Å². The highest BCUT2D eigenvalue weighted by Crippen LogP contribution is 2.29. The molecule has 0 bridgehead atoms. The first kappa shape index (κ1) is 25.4. The van der Waals surface area contributed by atoms with E-state index in [-0.39, 0.29) is 24.5 Å². The second kappa shape index (κ2) is 11.7. The monoisotopic (exact) mass is 472 g/mol. The predicted molar refractivity (Wildman–Crippen MR) is 125 cm³/mol. The molecule has 1 aliphatic rings. The van der Waals surface area contributed by atoms with Crippen LogP contribution in [-0.4, -0.2) is 80.8 Å². The Morgan fingerprint density at radius 1 is 1.15 bits per heavy atom. The van der Waals surface area contributed by atoms with Gasteiger partial charge in [0, 0.05) is 36.3 Å². The number of aliphatic hydroxyl groups excluding tert-OH is 4. The number of benzene rings is 2. The van der Waals surface area contributed by atoms with Gasteiger partial charge >= 0.3 is 0 Å². The molecule has 3 rings (SSSR count). The van der Waals surface area contributed by atoms with Crippen LogP contribution in [0, 0.1) is 10.1 Å². The molecule has 1 heterocycles. The summed E-state index contributed by atoms with van der Waals surface area (Å²) in [5.74, 6) is 0. The molecule has 12 nitrogen and oxygen atoms in total. The molecule has 4 atom stereocenters. The zero-order chi connectivity index (χ0) is 24.7. The summed E-state index contributed by atoms with van der Waals surface area (Å²) in [6.07, 6.45) is -2.37. The van der Waals surface area contributed by atoms with Gasteiger partial charge in [-0.3, -0.25) is 15.0 Å². The lowest BCUT2D eigenvalue weighted by Gasteiger charge is -2.43. The van der Waals surface area contributed by atoms with E-state index in [1.807, 2.05) is 24.3 Å². The maximum absolute atomic E-state index is 11.3. The SMILES string of the molecule is [N-]=[N+]=Nc1ccc(NCCc2cccc(CCN3CC(O)C(O)C(O)C3CO)c2)c([N+](=O)[O-])c1. The van der Waals surface area contributed by atoms with Crippen LogP contribution in [0.1, 0.15) is 11.1 Å². The number of anilines is 1. The molecule has 1 aliphatic heterocycles. The first-order valence-corrected chi connectivity index (χ1v) is 10.9. The number of likely N-dealkylation sites (tertiary alicyclic amines) is 1. The first-order chi connectivity index (χ1) is 16.3. The molecule has 1 fully saturated rings. The van der Waals surface area contributed by atoms with Gasteiger partial charge in [-0.05, 0) is 35.6 Å². The van der Waals surface area contributed by atoms with Crippen molar-refractivity contribution in [2.24, 2.45) is 5.11 Å². The van der Waals surface area contributed by atoms with E-state index in [2.05, 4.69) is 15.3 Å². The number of azide groups is 1. The van der Waals surface area contributed by atoms with Crippen molar-refractivity contribution in [1.82, 2.24) is 4.90 Å². The lowest BCUT2D eigenvalue weighted by Crippen LogP contribution is -2.62. The molecular weight excluding hydrogens is 444 g/mol. The Morgan fingerprint density at radius 3 is 2.56 bits per heavy atom. The van der Waals surface area contributed by atoms with E-state index < -0.39 is 29.3 Å². The number of aliphatic hydroxyl groups is 4. The van der Waals surface area contributed by atoms with Gasteiger partial charge in [0.1, 0.15) is 17.9 Å². The smallest absolute Gasteiger partial charge is 0.292 e. The van der Waals surface area contributed by atoms with E-state index in [4.69, 9.17) is 5.53 Å². The summed E-state index contributed by atoms with van der Waals surface area (Å²) < 4.78 is 0. The van der Waals surface area contributed by atoms with Gasteiger partial charge in [-0.15, -0.1) is 0 Å². The summed E-state index contributed by atoms with van der Waals surface area (Å²) in [4.78, 5) is 15.2. The zero-order valence-corrected chi connectivity index (χ0v) is 18.4. The van der Waals surface area contributed by atoms with Crippen LogP contribution in [0.25, 0.3) is 10.4 Å². The van der Waals surface area contributed by atoms with Gasteiger partial charge < -0.3 is 25.7 Å². The highest BCUT2D eigenvalue weighted by Gasteiger charge is 2.40. The molecule has 0 aliphatic carbocycles. The summed E-state index contributed by atoms with van der Waals surface area (Å²) in [5, 5.41) is 57.3. The minimum atomic E-state index is -1.28. The van der Waals surface area contributed by atoms with Crippen LogP contribution in [0.15, 0.2) is 47.6 Å². The molecule has 0 saturated carbocycles. The normalized spacial score (nSPS) is 22.7. The number of nitrogens with one attached hydrogen (secondary N) is 1. The number of β-amino-alcohol motifs (C(OH)–C–C–N with tert-alkyl or cyclic N) is 1. The van der Waals surface area contributed by atoms with Crippen molar-refractivity contribution in [3.05, 3.63) is 74.1 Å². The largest absolute Gasteiger partial charge is 0.395 e. The molecule has 0 spiro atoms. The highest BCUT2D eigenvalue weighted by atomic mass is 16.6. The number of nitrogens with zero attached hydrogens (tertiary/aromatic N) is 5. The van der Waals surface area contributed by atoms with Crippen LogP contribution in [0.3, 0.4) is 0 Å². The molecule has 5 N–H and O–H groups in total. The maximum Gasteiger partial charge on any atom is 0.292 e. The molecule has 0 aromatic heterocycles. The van der Waals surface area contributed by atoms with Crippen LogP contribution in [-0.2, 0) is 12.8 Å². The molecule has 1 saturated heterocycles. The second-order valence-corrected chi connectivity index (χ2v) is 8.19. The molecule has 0 radical (unpaired) electrons. The zero-order valence-electron chi connectivity index (χ0n) is 18.4. The maximum atomic E-state index is 11.3. The molecule has 2 aromatic rings. The average Bonchev–Trinajstić information content (AvgIpc) is 2.82. The molecule has 12 heteroatoms. The van der Waals surface area contributed by atoms with Gasteiger partial charge in [-0.2, -0.15) is 0 Å². The predicted octanol–water partition coefficient (Wildman–Crippen LogP) is 1.49. The third-order valence-corrected chi connectivity index (χ3v) is 5.96. The summed E-state index contributed by atoms with van der Waals surface area (Å²) in [6.45, 7) is 0.759. The van der Waals surface area contributed by atoms with Gasteiger partial charge in [-0.1, -0.05) is 35.4 Å². The Balaban J connectivity index is 1.58. The summed E-state index contributed by atoms with van der Waals surface area (Å²) in [7, 11) is 0. The van der Waals surface area contributed by atoms with Crippen molar-refractivity contribution in [2.45, 2.75) is 37.2 Å². The number of nitro groups is 1. The summed E-state index contributed by atoms with van der Waals surface area (Å²) in [6, 6.07) is 11.4. The third kappa shape index (κ3) is 6.20. The van der Waals surface area contributed by atoms with Gasteiger partial charge in [0.15, 0.2) is 0 Å².